The zero-order valence-electron chi connectivity index (χ0n) is 10.8. The lowest BCUT2D eigenvalue weighted by molar-refractivity contribution is 0.620. The second-order valence-electron chi connectivity index (χ2n) is 4.75. The van der Waals surface area contributed by atoms with Gasteiger partial charge in [0.1, 0.15) is 5.82 Å². The molecule has 0 atom stereocenters. The van der Waals surface area contributed by atoms with Crippen LogP contribution in [0.25, 0.3) is 0 Å². The highest BCUT2D eigenvalue weighted by molar-refractivity contribution is 9.10. The molecule has 104 valence electrons. The normalized spacial score (nSPS) is 14.2. The van der Waals surface area contributed by atoms with Crippen LogP contribution < -0.4 is 10.6 Å². The molecule has 2 N–H and O–H groups in total. The Bertz CT molecular complexity index is 648. The van der Waals surface area contributed by atoms with E-state index in [2.05, 4.69) is 26.9 Å². The molecule has 0 radical (unpaired) electrons. The summed E-state index contributed by atoms with van der Waals surface area (Å²) in [5.74, 6) is 0.826. The average molecular weight is 353 g/mol. The maximum atomic E-state index is 13.3. The zero-order valence-corrected chi connectivity index (χ0v) is 13.2. The highest BCUT2D eigenvalue weighted by Gasteiger charge is 2.18. The van der Waals surface area contributed by atoms with Crippen molar-refractivity contribution < 1.29 is 4.39 Å². The summed E-state index contributed by atoms with van der Waals surface area (Å²) in [6.07, 6.45) is 0. The fraction of sp³-hybridized carbons (Fsp3) is 0.200. The number of nitrogens with zero attached hydrogens (tertiary/aromatic N) is 1. The molecule has 2 aromatic carbocycles. The number of halogens is 2. The topological polar surface area (TPSA) is 29.3 Å². The molecule has 5 heteroatoms. The molecule has 2 nitrogen and oxygen atoms in total. The standard InChI is InChI=1S/C15H14BrFN2S/c16-12-7-10(1-3-13(12)17)9-19-5-6-20-15-4-2-11(18)8-14(15)19/h1-4,7-8H,5-6,9,18H2. The molecule has 3 rings (SSSR count). The number of thioether (sulfide) groups is 1. The van der Waals surface area contributed by atoms with Crippen LogP contribution >= 0.6 is 27.7 Å². The van der Waals surface area contributed by atoms with Crippen LogP contribution in [0.15, 0.2) is 45.8 Å². The maximum absolute atomic E-state index is 13.3. The Kier molecular flexibility index (Phi) is 3.89. The van der Waals surface area contributed by atoms with Gasteiger partial charge in [-0.15, -0.1) is 11.8 Å². The Morgan fingerprint density at radius 3 is 2.90 bits per heavy atom. The van der Waals surface area contributed by atoms with Crippen molar-refractivity contribution in [3.63, 3.8) is 0 Å². The number of hydrogen-bond donors (Lipinski definition) is 1. The summed E-state index contributed by atoms with van der Waals surface area (Å²) in [6, 6.07) is 11.2. The van der Waals surface area contributed by atoms with Crippen LogP contribution in [0.3, 0.4) is 0 Å². The van der Waals surface area contributed by atoms with Gasteiger partial charge < -0.3 is 10.6 Å². The maximum Gasteiger partial charge on any atom is 0.137 e. The van der Waals surface area contributed by atoms with Gasteiger partial charge in [-0.2, -0.15) is 0 Å². The predicted molar refractivity (Wildman–Crippen MR) is 86.7 cm³/mol. The van der Waals surface area contributed by atoms with Crippen LogP contribution in [-0.4, -0.2) is 12.3 Å². The molecule has 0 aromatic heterocycles. The molecule has 1 aliphatic heterocycles. The molecule has 20 heavy (non-hydrogen) atoms. The second kappa shape index (κ2) is 5.66. The summed E-state index contributed by atoms with van der Waals surface area (Å²) >= 11 is 5.09. The van der Waals surface area contributed by atoms with E-state index in [9.17, 15) is 4.39 Å². The van der Waals surface area contributed by atoms with E-state index < -0.39 is 0 Å². The van der Waals surface area contributed by atoms with Crippen LogP contribution in [0.4, 0.5) is 15.8 Å². The summed E-state index contributed by atoms with van der Waals surface area (Å²) < 4.78 is 13.8. The molecular formula is C15H14BrFN2S. The quantitative estimate of drug-likeness (QED) is 0.817. The number of benzene rings is 2. The molecule has 0 spiro atoms. The minimum atomic E-state index is -0.229. The predicted octanol–water partition coefficient (Wildman–Crippen LogP) is 4.28. The fourth-order valence-corrected chi connectivity index (χ4v) is 3.77. The van der Waals surface area contributed by atoms with Gasteiger partial charge >= 0.3 is 0 Å². The summed E-state index contributed by atoms with van der Waals surface area (Å²) in [6.45, 7) is 1.73. The monoisotopic (exact) mass is 352 g/mol. The first-order chi connectivity index (χ1) is 9.63. The third-order valence-corrected chi connectivity index (χ3v) is 4.95. The van der Waals surface area contributed by atoms with Crippen molar-refractivity contribution in [2.45, 2.75) is 11.4 Å². The van der Waals surface area contributed by atoms with Gasteiger partial charge in [0.15, 0.2) is 0 Å². The molecule has 0 aliphatic carbocycles. The van der Waals surface area contributed by atoms with Gasteiger partial charge in [-0.1, -0.05) is 6.07 Å². The summed E-state index contributed by atoms with van der Waals surface area (Å²) in [7, 11) is 0. The summed E-state index contributed by atoms with van der Waals surface area (Å²) in [5.41, 5.74) is 8.91. The number of rotatable bonds is 2. The van der Waals surface area contributed by atoms with E-state index >= 15 is 0 Å². The van der Waals surface area contributed by atoms with E-state index in [-0.39, 0.29) is 5.82 Å². The first kappa shape index (κ1) is 13.8. The van der Waals surface area contributed by atoms with Gasteiger partial charge in [0.05, 0.1) is 10.2 Å². The number of nitrogens with two attached hydrogens (primary N) is 1. The Labute approximate surface area is 130 Å². The third-order valence-electron chi connectivity index (χ3n) is 3.30. The van der Waals surface area contributed by atoms with Crippen molar-refractivity contribution >= 4 is 39.1 Å². The number of anilines is 2. The van der Waals surface area contributed by atoms with Crippen molar-refractivity contribution in [1.82, 2.24) is 0 Å². The van der Waals surface area contributed by atoms with Crippen molar-refractivity contribution in [3.8, 4) is 0 Å². The highest BCUT2D eigenvalue weighted by Crippen LogP contribution is 2.36. The summed E-state index contributed by atoms with van der Waals surface area (Å²) in [5, 5.41) is 0. The van der Waals surface area contributed by atoms with E-state index in [1.807, 2.05) is 36.0 Å². The van der Waals surface area contributed by atoms with E-state index in [0.717, 1.165) is 30.1 Å². The molecule has 0 bridgehead atoms. The van der Waals surface area contributed by atoms with E-state index in [0.29, 0.717) is 4.47 Å². The Balaban J connectivity index is 1.89. The van der Waals surface area contributed by atoms with E-state index in [1.165, 1.54) is 16.6 Å². The Hall–Kier alpha value is -1.20. The largest absolute Gasteiger partial charge is 0.399 e. The number of nitrogen functional groups attached to an aromatic ring is 1. The molecule has 0 saturated carbocycles. The van der Waals surface area contributed by atoms with Crippen molar-refractivity contribution in [2.24, 2.45) is 0 Å². The van der Waals surface area contributed by atoms with Gasteiger partial charge in [-0.25, -0.2) is 4.39 Å². The number of fused-ring (bicyclic) bond motifs is 1. The smallest absolute Gasteiger partial charge is 0.137 e. The van der Waals surface area contributed by atoms with Crippen LogP contribution in [0.1, 0.15) is 5.56 Å². The minimum Gasteiger partial charge on any atom is -0.399 e. The molecular weight excluding hydrogens is 339 g/mol. The number of hydrogen-bond acceptors (Lipinski definition) is 3. The highest BCUT2D eigenvalue weighted by atomic mass is 79.9. The van der Waals surface area contributed by atoms with Gasteiger partial charge in [-0.3, -0.25) is 0 Å². The van der Waals surface area contributed by atoms with Crippen LogP contribution in [-0.2, 0) is 6.54 Å². The van der Waals surface area contributed by atoms with Crippen molar-refractivity contribution in [2.75, 3.05) is 22.9 Å². The second-order valence-corrected chi connectivity index (χ2v) is 6.74. The lowest BCUT2D eigenvalue weighted by Crippen LogP contribution is -2.28. The first-order valence-corrected chi connectivity index (χ1v) is 8.12. The molecule has 0 saturated heterocycles. The van der Waals surface area contributed by atoms with Crippen LogP contribution in [0.5, 0.6) is 0 Å². The van der Waals surface area contributed by atoms with Crippen LogP contribution in [0, 0.1) is 5.82 Å². The van der Waals surface area contributed by atoms with Gasteiger partial charge in [0.25, 0.3) is 0 Å². The minimum absolute atomic E-state index is 0.229. The van der Waals surface area contributed by atoms with Gasteiger partial charge in [-0.05, 0) is 51.8 Å². The fourth-order valence-electron chi connectivity index (χ4n) is 2.31. The molecule has 0 fully saturated rings. The zero-order chi connectivity index (χ0) is 14.1. The molecule has 0 amide bonds. The van der Waals surface area contributed by atoms with Gasteiger partial charge in [0, 0.05) is 29.4 Å². The first-order valence-electron chi connectivity index (χ1n) is 6.35. The molecule has 2 aromatic rings. The Morgan fingerprint density at radius 1 is 1.25 bits per heavy atom. The third kappa shape index (κ3) is 2.79. The Morgan fingerprint density at radius 2 is 2.10 bits per heavy atom. The van der Waals surface area contributed by atoms with Crippen LogP contribution in [0.2, 0.25) is 0 Å². The molecule has 1 heterocycles. The van der Waals surface area contributed by atoms with E-state index in [1.54, 1.807) is 0 Å². The van der Waals surface area contributed by atoms with Crippen molar-refractivity contribution in [1.29, 1.82) is 0 Å². The average Bonchev–Trinajstić information content (AvgIpc) is 2.44. The molecule has 0 unspecified atom stereocenters. The summed E-state index contributed by atoms with van der Waals surface area (Å²) in [4.78, 5) is 3.55. The van der Waals surface area contributed by atoms with Gasteiger partial charge in [0.2, 0.25) is 0 Å². The van der Waals surface area contributed by atoms with Crippen molar-refractivity contribution in [3.05, 3.63) is 52.3 Å². The SMILES string of the molecule is Nc1ccc2c(c1)N(Cc1ccc(F)c(Br)c1)CCS2. The lowest BCUT2D eigenvalue weighted by atomic mass is 10.2. The van der Waals surface area contributed by atoms with E-state index in [4.69, 9.17) is 5.73 Å². The molecule has 1 aliphatic rings. The lowest BCUT2D eigenvalue weighted by Gasteiger charge is -2.31.